The van der Waals surface area contributed by atoms with Crippen molar-refractivity contribution in [2.24, 2.45) is 4.99 Å². The van der Waals surface area contributed by atoms with Crippen molar-refractivity contribution >= 4 is 22.5 Å². The van der Waals surface area contributed by atoms with Gasteiger partial charge in [0.05, 0.1) is 15.5 Å². The van der Waals surface area contributed by atoms with Crippen molar-refractivity contribution in [3.63, 3.8) is 0 Å². The number of fused-ring (bicyclic) bond motifs is 1. The number of nitro benzene ring substituents is 1. The van der Waals surface area contributed by atoms with Gasteiger partial charge in [0, 0.05) is 17.0 Å². The molecule has 0 aromatic heterocycles. The monoisotopic (exact) mass is 250 g/mol. The van der Waals surface area contributed by atoms with Crippen LogP contribution in [0.15, 0.2) is 28.1 Å². The van der Waals surface area contributed by atoms with E-state index in [0.717, 1.165) is 21.9 Å². The molecule has 0 aliphatic carbocycles. The Balaban J connectivity index is 2.53. The van der Waals surface area contributed by atoms with Crippen molar-refractivity contribution in [1.82, 2.24) is 0 Å². The summed E-state index contributed by atoms with van der Waals surface area (Å²) in [5, 5.41) is 11.9. The molecular formula is C12H14N2O2S. The fraction of sp³-hybridized carbons (Fsp3) is 0.417. The summed E-state index contributed by atoms with van der Waals surface area (Å²) >= 11 is 1.61. The third-order valence-corrected chi connectivity index (χ3v) is 3.96. The van der Waals surface area contributed by atoms with Gasteiger partial charge in [-0.1, -0.05) is 18.7 Å². The van der Waals surface area contributed by atoms with Gasteiger partial charge in [0.25, 0.3) is 5.69 Å². The first-order valence-electron chi connectivity index (χ1n) is 5.49. The number of hydrogen-bond acceptors (Lipinski definition) is 4. The number of non-ortho nitro benzene ring substituents is 1. The number of hydrogen-bond donors (Lipinski definition) is 0. The van der Waals surface area contributed by atoms with Crippen LogP contribution in [-0.2, 0) is 5.54 Å². The Morgan fingerprint density at radius 2 is 2.18 bits per heavy atom. The lowest BCUT2D eigenvalue weighted by molar-refractivity contribution is -0.385. The van der Waals surface area contributed by atoms with E-state index in [1.54, 1.807) is 23.9 Å². The Labute approximate surface area is 104 Å². The zero-order chi connectivity index (χ0) is 12.6. The van der Waals surface area contributed by atoms with Crippen LogP contribution in [0.25, 0.3) is 0 Å². The van der Waals surface area contributed by atoms with Crippen LogP contribution in [0.3, 0.4) is 0 Å². The second-order valence-electron chi connectivity index (χ2n) is 4.46. The average molecular weight is 250 g/mol. The van der Waals surface area contributed by atoms with Gasteiger partial charge in [-0.05, 0) is 31.9 Å². The molecule has 0 bridgehead atoms. The summed E-state index contributed by atoms with van der Waals surface area (Å²) in [6.45, 7) is 6.05. The summed E-state index contributed by atoms with van der Waals surface area (Å²) in [5.41, 5.74) is 0.694. The van der Waals surface area contributed by atoms with E-state index in [0.29, 0.717) is 0 Å². The molecule has 1 heterocycles. The Morgan fingerprint density at radius 3 is 2.76 bits per heavy atom. The number of nitrogens with zero attached hydrogens (tertiary/aromatic N) is 2. The standard InChI is InChI=1S/C12H14N2O2S/c1-4-11-13-12(2,3)9-7-8(14(15)16)5-6-10(9)17-11/h5-7H,4H2,1-3H3. The first-order valence-corrected chi connectivity index (χ1v) is 6.31. The number of thioether (sulfide) groups is 1. The minimum absolute atomic E-state index is 0.132. The van der Waals surface area contributed by atoms with Gasteiger partial charge < -0.3 is 0 Å². The van der Waals surface area contributed by atoms with Crippen molar-refractivity contribution in [2.75, 3.05) is 0 Å². The lowest BCUT2D eigenvalue weighted by Gasteiger charge is -2.28. The van der Waals surface area contributed by atoms with Crippen molar-refractivity contribution < 1.29 is 4.92 Å². The van der Waals surface area contributed by atoms with E-state index in [1.165, 1.54) is 0 Å². The minimum atomic E-state index is -0.377. The molecule has 1 aliphatic heterocycles. The lowest BCUT2D eigenvalue weighted by Crippen LogP contribution is -2.21. The summed E-state index contributed by atoms with van der Waals surface area (Å²) in [6, 6.07) is 5.02. The third kappa shape index (κ3) is 2.20. The first kappa shape index (κ1) is 12.1. The molecule has 5 heteroatoms. The number of benzene rings is 1. The smallest absolute Gasteiger partial charge is 0.269 e. The molecule has 2 rings (SSSR count). The molecule has 90 valence electrons. The van der Waals surface area contributed by atoms with Crippen LogP contribution >= 0.6 is 11.8 Å². The fourth-order valence-electron chi connectivity index (χ4n) is 1.87. The normalized spacial score (nSPS) is 17.2. The van der Waals surface area contributed by atoms with Crippen LogP contribution in [0, 0.1) is 10.1 Å². The summed E-state index contributed by atoms with van der Waals surface area (Å²) in [4.78, 5) is 16.1. The summed E-state index contributed by atoms with van der Waals surface area (Å²) in [6.07, 6.45) is 0.893. The van der Waals surface area contributed by atoms with Gasteiger partial charge >= 0.3 is 0 Å². The molecule has 1 aromatic carbocycles. The first-order chi connectivity index (χ1) is 7.94. The van der Waals surface area contributed by atoms with E-state index in [-0.39, 0.29) is 16.1 Å². The average Bonchev–Trinajstić information content (AvgIpc) is 2.27. The van der Waals surface area contributed by atoms with E-state index in [9.17, 15) is 10.1 Å². The van der Waals surface area contributed by atoms with Crippen molar-refractivity contribution in [2.45, 2.75) is 37.6 Å². The minimum Gasteiger partial charge on any atom is -0.272 e. The maximum absolute atomic E-state index is 10.8. The Hall–Kier alpha value is -1.36. The van der Waals surface area contributed by atoms with Gasteiger partial charge in [-0.15, -0.1) is 0 Å². The van der Waals surface area contributed by atoms with Crippen molar-refractivity contribution in [1.29, 1.82) is 0 Å². The molecular weight excluding hydrogens is 236 g/mol. The van der Waals surface area contributed by atoms with Gasteiger partial charge in [0.1, 0.15) is 0 Å². The van der Waals surface area contributed by atoms with E-state index in [4.69, 9.17) is 0 Å². The zero-order valence-corrected chi connectivity index (χ0v) is 10.9. The molecule has 0 amide bonds. The fourth-order valence-corrected chi connectivity index (χ4v) is 3.10. The van der Waals surface area contributed by atoms with Crippen LogP contribution in [0.2, 0.25) is 0 Å². The predicted molar refractivity (Wildman–Crippen MR) is 69.7 cm³/mol. The summed E-state index contributed by atoms with van der Waals surface area (Å²) in [7, 11) is 0. The van der Waals surface area contributed by atoms with E-state index < -0.39 is 0 Å². The molecule has 0 spiro atoms. The van der Waals surface area contributed by atoms with Crippen molar-refractivity contribution in [3.8, 4) is 0 Å². The number of nitro groups is 1. The molecule has 0 unspecified atom stereocenters. The maximum Gasteiger partial charge on any atom is 0.269 e. The molecule has 0 radical (unpaired) electrons. The molecule has 0 fully saturated rings. The lowest BCUT2D eigenvalue weighted by atomic mass is 9.94. The van der Waals surface area contributed by atoms with Crippen LogP contribution < -0.4 is 0 Å². The Kier molecular flexibility index (Phi) is 2.95. The Morgan fingerprint density at radius 1 is 1.47 bits per heavy atom. The summed E-state index contributed by atoms with van der Waals surface area (Å²) < 4.78 is 0. The van der Waals surface area contributed by atoms with E-state index in [1.807, 2.05) is 19.9 Å². The highest BCUT2D eigenvalue weighted by Gasteiger charge is 2.30. The zero-order valence-electron chi connectivity index (χ0n) is 10.1. The number of rotatable bonds is 2. The molecule has 0 atom stereocenters. The highest BCUT2D eigenvalue weighted by Crippen LogP contribution is 2.41. The van der Waals surface area contributed by atoms with Crippen LogP contribution in [0.1, 0.15) is 32.8 Å². The SMILES string of the molecule is CCC1=NC(C)(C)c2cc([N+](=O)[O-])ccc2S1. The van der Waals surface area contributed by atoms with Gasteiger partial charge in [-0.25, -0.2) is 0 Å². The quantitative estimate of drug-likeness (QED) is 0.593. The van der Waals surface area contributed by atoms with E-state index >= 15 is 0 Å². The van der Waals surface area contributed by atoms with Crippen LogP contribution in [0.5, 0.6) is 0 Å². The molecule has 17 heavy (non-hydrogen) atoms. The highest BCUT2D eigenvalue weighted by atomic mass is 32.2. The predicted octanol–water partition coefficient (Wildman–Crippen LogP) is 3.74. The third-order valence-electron chi connectivity index (χ3n) is 2.77. The molecule has 0 saturated carbocycles. The van der Waals surface area contributed by atoms with Crippen LogP contribution in [-0.4, -0.2) is 9.97 Å². The molecule has 1 aliphatic rings. The van der Waals surface area contributed by atoms with Crippen molar-refractivity contribution in [3.05, 3.63) is 33.9 Å². The van der Waals surface area contributed by atoms with Gasteiger partial charge in [-0.3, -0.25) is 15.1 Å². The van der Waals surface area contributed by atoms with Gasteiger partial charge in [-0.2, -0.15) is 0 Å². The maximum atomic E-state index is 10.8. The summed E-state index contributed by atoms with van der Waals surface area (Å²) in [5.74, 6) is 0. The van der Waals surface area contributed by atoms with E-state index in [2.05, 4.69) is 11.9 Å². The topological polar surface area (TPSA) is 55.5 Å². The molecule has 0 N–H and O–H groups in total. The largest absolute Gasteiger partial charge is 0.272 e. The Bertz CT molecular complexity index is 509. The highest BCUT2D eigenvalue weighted by molar-refractivity contribution is 8.14. The van der Waals surface area contributed by atoms with Gasteiger partial charge in [0.2, 0.25) is 0 Å². The second kappa shape index (κ2) is 4.14. The second-order valence-corrected chi connectivity index (χ2v) is 5.57. The molecule has 0 saturated heterocycles. The number of aliphatic imine (C=N–C) groups is 1. The molecule has 1 aromatic rings. The van der Waals surface area contributed by atoms with Crippen LogP contribution in [0.4, 0.5) is 5.69 Å². The molecule has 4 nitrogen and oxygen atoms in total. The van der Waals surface area contributed by atoms with Gasteiger partial charge in [0.15, 0.2) is 0 Å².